The van der Waals surface area contributed by atoms with Gasteiger partial charge in [-0.2, -0.15) is 4.31 Å². The van der Waals surface area contributed by atoms with Crippen LogP contribution in [0.5, 0.6) is 0 Å². The molecule has 3 rings (SSSR count). The number of halogens is 1. The van der Waals surface area contributed by atoms with Crippen LogP contribution in [-0.4, -0.2) is 55.2 Å². The van der Waals surface area contributed by atoms with Crippen molar-refractivity contribution in [1.29, 1.82) is 0 Å². The first-order chi connectivity index (χ1) is 12.7. The molecule has 28 heavy (non-hydrogen) atoms. The normalized spacial score (nSPS) is 20.6. The Balaban J connectivity index is 0.00000280. The number of benzene rings is 1. The van der Waals surface area contributed by atoms with E-state index in [9.17, 15) is 13.2 Å². The lowest BCUT2D eigenvalue weighted by Gasteiger charge is -2.40. The molecule has 2 N–H and O–H groups in total. The van der Waals surface area contributed by atoms with E-state index in [0.717, 1.165) is 37.7 Å². The zero-order valence-corrected chi connectivity index (χ0v) is 18.4. The predicted molar refractivity (Wildman–Crippen MR) is 113 cm³/mol. The molecule has 1 saturated carbocycles. The fourth-order valence-corrected chi connectivity index (χ4v) is 5.44. The van der Waals surface area contributed by atoms with Crippen LogP contribution in [-0.2, 0) is 14.8 Å². The molecule has 0 radical (unpaired) electrons. The summed E-state index contributed by atoms with van der Waals surface area (Å²) in [6, 6.07) is 7.11. The molecule has 158 valence electrons. The lowest BCUT2D eigenvalue weighted by Crippen LogP contribution is -2.60. The summed E-state index contributed by atoms with van der Waals surface area (Å²) in [5.41, 5.74) is 6.72. The van der Waals surface area contributed by atoms with Crippen LogP contribution < -0.4 is 5.73 Å². The highest BCUT2D eigenvalue weighted by molar-refractivity contribution is 7.89. The number of sulfonamides is 1. The van der Waals surface area contributed by atoms with E-state index < -0.39 is 15.6 Å². The van der Waals surface area contributed by atoms with Gasteiger partial charge in [0.25, 0.3) is 0 Å². The van der Waals surface area contributed by atoms with Gasteiger partial charge in [-0.3, -0.25) is 4.79 Å². The Morgan fingerprint density at radius 1 is 1.00 bits per heavy atom. The van der Waals surface area contributed by atoms with Crippen LogP contribution >= 0.6 is 12.4 Å². The predicted octanol–water partition coefficient (Wildman–Crippen LogP) is 2.73. The van der Waals surface area contributed by atoms with E-state index in [0.29, 0.717) is 37.0 Å². The van der Waals surface area contributed by atoms with Gasteiger partial charge in [0.05, 0.1) is 10.4 Å². The molecular formula is C20H32ClN3O3S. The first-order valence-corrected chi connectivity index (χ1v) is 11.4. The summed E-state index contributed by atoms with van der Waals surface area (Å²) in [7, 11) is -3.53. The molecule has 6 nitrogen and oxygen atoms in total. The van der Waals surface area contributed by atoms with Crippen LogP contribution in [0.25, 0.3) is 0 Å². The average molecular weight is 430 g/mol. The molecule has 1 saturated heterocycles. The first-order valence-electron chi connectivity index (χ1n) is 9.92. The van der Waals surface area contributed by atoms with Gasteiger partial charge < -0.3 is 10.6 Å². The number of nitrogens with zero attached hydrogens (tertiary/aromatic N) is 2. The number of piperazine rings is 1. The number of nitrogens with two attached hydrogens (primary N) is 1. The van der Waals surface area contributed by atoms with Gasteiger partial charge in [0.15, 0.2) is 0 Å². The fourth-order valence-electron chi connectivity index (χ4n) is 4.02. The summed E-state index contributed by atoms with van der Waals surface area (Å²) in [4.78, 5) is 14.9. The molecule has 0 unspecified atom stereocenters. The Labute approximate surface area is 174 Å². The monoisotopic (exact) mass is 429 g/mol. The van der Waals surface area contributed by atoms with Gasteiger partial charge in [0.1, 0.15) is 0 Å². The molecule has 0 spiro atoms. The van der Waals surface area contributed by atoms with Gasteiger partial charge in [-0.25, -0.2) is 8.42 Å². The number of carbonyl (C=O) groups excluding carboxylic acids is 1. The number of rotatable bonds is 4. The quantitative estimate of drug-likeness (QED) is 0.797. The third-order valence-corrected chi connectivity index (χ3v) is 7.79. The largest absolute Gasteiger partial charge is 0.338 e. The van der Waals surface area contributed by atoms with Crippen LogP contribution in [0.1, 0.15) is 57.4 Å². The van der Waals surface area contributed by atoms with Crippen molar-refractivity contribution in [3.63, 3.8) is 0 Å². The molecule has 0 aromatic heterocycles. The van der Waals surface area contributed by atoms with Crippen molar-refractivity contribution in [1.82, 2.24) is 9.21 Å². The van der Waals surface area contributed by atoms with Crippen molar-refractivity contribution in [3.05, 3.63) is 29.8 Å². The third-order valence-electron chi connectivity index (χ3n) is 5.88. The molecule has 1 heterocycles. The second kappa shape index (κ2) is 9.11. The average Bonchev–Trinajstić information content (AvgIpc) is 2.68. The highest BCUT2D eigenvalue weighted by atomic mass is 35.5. The van der Waals surface area contributed by atoms with E-state index in [2.05, 4.69) is 13.8 Å². The molecule has 2 fully saturated rings. The summed E-state index contributed by atoms with van der Waals surface area (Å²) in [6.07, 6.45) is 4.57. The Morgan fingerprint density at radius 2 is 1.54 bits per heavy atom. The number of hydrogen-bond donors (Lipinski definition) is 1. The van der Waals surface area contributed by atoms with Gasteiger partial charge in [0.2, 0.25) is 15.9 Å². The summed E-state index contributed by atoms with van der Waals surface area (Å²) in [5, 5.41) is 0. The van der Waals surface area contributed by atoms with Crippen LogP contribution in [0.15, 0.2) is 29.2 Å². The summed E-state index contributed by atoms with van der Waals surface area (Å²) in [6.45, 7) is 5.60. The lowest BCUT2D eigenvalue weighted by atomic mass is 9.81. The van der Waals surface area contributed by atoms with Crippen molar-refractivity contribution in [3.8, 4) is 0 Å². The van der Waals surface area contributed by atoms with Gasteiger partial charge in [-0.1, -0.05) is 45.2 Å². The number of amides is 1. The van der Waals surface area contributed by atoms with Crippen molar-refractivity contribution >= 4 is 28.3 Å². The zero-order chi connectivity index (χ0) is 19.7. The van der Waals surface area contributed by atoms with Crippen molar-refractivity contribution in [2.75, 3.05) is 26.2 Å². The van der Waals surface area contributed by atoms with E-state index >= 15 is 0 Å². The van der Waals surface area contributed by atoms with E-state index in [-0.39, 0.29) is 18.3 Å². The van der Waals surface area contributed by atoms with E-state index in [1.165, 1.54) is 4.31 Å². The summed E-state index contributed by atoms with van der Waals surface area (Å²) in [5.74, 6) is 0.347. The maximum Gasteiger partial charge on any atom is 0.243 e. The van der Waals surface area contributed by atoms with Gasteiger partial charge in [-0.15, -0.1) is 12.4 Å². The van der Waals surface area contributed by atoms with E-state index in [4.69, 9.17) is 5.73 Å². The number of carbonyl (C=O) groups is 1. The minimum Gasteiger partial charge on any atom is -0.338 e. The van der Waals surface area contributed by atoms with Crippen molar-refractivity contribution in [2.45, 2.75) is 62.3 Å². The van der Waals surface area contributed by atoms with Gasteiger partial charge in [0, 0.05) is 26.2 Å². The molecule has 2 aliphatic rings. The highest BCUT2D eigenvalue weighted by Gasteiger charge is 2.40. The fraction of sp³-hybridized carbons (Fsp3) is 0.650. The highest BCUT2D eigenvalue weighted by Crippen LogP contribution is 2.28. The van der Waals surface area contributed by atoms with Crippen LogP contribution in [0.4, 0.5) is 0 Å². The maximum atomic E-state index is 12.9. The van der Waals surface area contributed by atoms with Gasteiger partial charge in [-0.05, 0) is 36.5 Å². The van der Waals surface area contributed by atoms with Crippen LogP contribution in [0, 0.1) is 0 Å². The lowest BCUT2D eigenvalue weighted by molar-refractivity contribution is -0.139. The summed E-state index contributed by atoms with van der Waals surface area (Å²) < 4.78 is 27.3. The Hall–Kier alpha value is -1.15. The smallest absolute Gasteiger partial charge is 0.243 e. The second-order valence-corrected chi connectivity index (χ2v) is 10.1. The molecule has 1 aliphatic heterocycles. The Kier molecular flexibility index (Phi) is 7.53. The Bertz CT molecular complexity index is 766. The third kappa shape index (κ3) is 4.70. The molecule has 8 heteroatoms. The van der Waals surface area contributed by atoms with Gasteiger partial charge >= 0.3 is 0 Å². The van der Waals surface area contributed by atoms with Crippen LogP contribution in [0.2, 0.25) is 0 Å². The van der Waals surface area contributed by atoms with Crippen molar-refractivity contribution in [2.24, 2.45) is 5.73 Å². The number of hydrogen-bond acceptors (Lipinski definition) is 4. The molecule has 0 bridgehead atoms. The Morgan fingerprint density at radius 3 is 2.04 bits per heavy atom. The minimum atomic E-state index is -3.53. The molecule has 1 aromatic rings. The second-order valence-electron chi connectivity index (χ2n) is 8.14. The van der Waals surface area contributed by atoms with E-state index in [1.54, 1.807) is 17.0 Å². The molecule has 1 amide bonds. The zero-order valence-electron chi connectivity index (χ0n) is 16.8. The molecule has 1 aromatic carbocycles. The standard InChI is InChI=1S/C20H31N3O3S.ClH/c1-16(2)17-6-8-18(9-7-17)27(25,26)23-14-12-22(13-15-23)19(24)20(21)10-4-3-5-11-20;/h6-9,16H,3-5,10-15,21H2,1-2H3;1H. The minimum absolute atomic E-state index is 0. The van der Waals surface area contributed by atoms with E-state index in [1.807, 2.05) is 12.1 Å². The van der Waals surface area contributed by atoms with Crippen LogP contribution in [0.3, 0.4) is 0 Å². The SMILES string of the molecule is CC(C)c1ccc(S(=O)(=O)N2CCN(C(=O)C3(N)CCCCC3)CC2)cc1.Cl. The maximum absolute atomic E-state index is 12.9. The topological polar surface area (TPSA) is 83.7 Å². The first kappa shape index (κ1) is 23.1. The molecule has 1 aliphatic carbocycles. The summed E-state index contributed by atoms with van der Waals surface area (Å²) >= 11 is 0. The van der Waals surface area contributed by atoms with Crippen molar-refractivity contribution < 1.29 is 13.2 Å². The molecule has 0 atom stereocenters. The molecular weight excluding hydrogens is 398 g/mol.